The van der Waals surface area contributed by atoms with Gasteiger partial charge in [-0.1, -0.05) is 11.6 Å². The van der Waals surface area contributed by atoms with Gasteiger partial charge in [-0.15, -0.1) is 11.3 Å². The summed E-state index contributed by atoms with van der Waals surface area (Å²) in [5.74, 6) is 0.806. The number of thiazole rings is 1. The molecule has 0 unspecified atom stereocenters. The molecule has 0 amide bonds. The average Bonchev–Trinajstić information content (AvgIpc) is 2.80. The number of benzene rings is 1. The lowest BCUT2D eigenvalue weighted by Crippen LogP contribution is -1.94. The first-order chi connectivity index (χ1) is 8.24. The van der Waals surface area contributed by atoms with Crippen LogP contribution in [0.5, 0.6) is 5.75 Å². The third-order valence-electron chi connectivity index (χ3n) is 2.33. The van der Waals surface area contributed by atoms with Gasteiger partial charge in [0.25, 0.3) is 0 Å². The van der Waals surface area contributed by atoms with E-state index in [4.69, 9.17) is 4.74 Å². The van der Waals surface area contributed by atoms with E-state index in [2.05, 4.69) is 4.98 Å². The van der Waals surface area contributed by atoms with Crippen molar-refractivity contribution in [2.45, 2.75) is 13.8 Å². The minimum absolute atomic E-state index is 0.490. The summed E-state index contributed by atoms with van der Waals surface area (Å²) < 4.78 is 5.57. The Morgan fingerprint density at radius 2 is 2.29 bits per heavy atom. The molecule has 4 heteroatoms. The predicted octanol–water partition coefficient (Wildman–Crippen LogP) is 3.33. The van der Waals surface area contributed by atoms with Crippen LogP contribution in [0.1, 0.15) is 22.3 Å². The zero-order valence-electron chi connectivity index (χ0n) is 9.77. The van der Waals surface area contributed by atoms with E-state index in [0.29, 0.717) is 11.6 Å². The number of ether oxygens (including phenoxy) is 1. The number of hydrogen-bond donors (Lipinski definition) is 0. The molecule has 3 nitrogen and oxygen atoms in total. The summed E-state index contributed by atoms with van der Waals surface area (Å²) in [6.45, 7) is 4.58. The first-order valence-corrected chi connectivity index (χ1v) is 6.27. The molecule has 0 aliphatic rings. The van der Waals surface area contributed by atoms with Crippen LogP contribution in [0.4, 0.5) is 0 Å². The van der Waals surface area contributed by atoms with E-state index in [0.717, 1.165) is 28.9 Å². The summed E-state index contributed by atoms with van der Waals surface area (Å²) in [5, 5.41) is 2.37. The van der Waals surface area contributed by atoms with E-state index < -0.39 is 0 Å². The fourth-order valence-electron chi connectivity index (χ4n) is 1.59. The first-order valence-electron chi connectivity index (χ1n) is 5.39. The minimum atomic E-state index is 0.490. The van der Waals surface area contributed by atoms with Gasteiger partial charge in [-0.25, -0.2) is 4.98 Å². The van der Waals surface area contributed by atoms with Crippen LogP contribution in [0, 0.1) is 6.92 Å². The fourth-order valence-corrected chi connectivity index (χ4v) is 2.21. The van der Waals surface area contributed by atoms with Gasteiger partial charge < -0.3 is 4.74 Å². The molecule has 0 N–H and O–H groups in total. The zero-order valence-corrected chi connectivity index (χ0v) is 10.6. The van der Waals surface area contributed by atoms with Crippen LogP contribution in [0.25, 0.3) is 11.3 Å². The number of nitrogens with zero attached hydrogens (tertiary/aromatic N) is 1. The van der Waals surface area contributed by atoms with Gasteiger partial charge >= 0.3 is 0 Å². The molecule has 0 radical (unpaired) electrons. The van der Waals surface area contributed by atoms with Crippen molar-refractivity contribution in [3.05, 3.63) is 34.2 Å². The second-order valence-electron chi connectivity index (χ2n) is 3.62. The number of carbonyl (C=O) groups excluding carboxylic acids is 1. The van der Waals surface area contributed by atoms with Gasteiger partial charge in [-0.2, -0.15) is 0 Å². The number of aryl methyl sites for hydroxylation is 1. The summed E-state index contributed by atoms with van der Waals surface area (Å²) in [7, 11) is 0. The van der Waals surface area contributed by atoms with Gasteiger partial charge in [-0.3, -0.25) is 4.79 Å². The molecule has 0 aliphatic carbocycles. The number of aldehydes is 1. The maximum Gasteiger partial charge on any atom is 0.178 e. The lowest BCUT2D eigenvalue weighted by Gasteiger charge is -2.09. The fraction of sp³-hybridized carbons (Fsp3) is 0.231. The lowest BCUT2D eigenvalue weighted by atomic mass is 10.1. The number of hydrogen-bond acceptors (Lipinski definition) is 4. The zero-order chi connectivity index (χ0) is 12.3. The Kier molecular flexibility index (Phi) is 3.54. The van der Waals surface area contributed by atoms with E-state index in [1.54, 1.807) is 0 Å². The van der Waals surface area contributed by atoms with Crippen LogP contribution >= 0.6 is 11.3 Å². The van der Waals surface area contributed by atoms with Crippen LogP contribution in [0.15, 0.2) is 23.6 Å². The molecule has 0 aliphatic heterocycles. The van der Waals surface area contributed by atoms with Crippen molar-refractivity contribution >= 4 is 17.6 Å². The highest BCUT2D eigenvalue weighted by molar-refractivity contribution is 7.11. The highest BCUT2D eigenvalue weighted by Crippen LogP contribution is 2.31. The third-order valence-corrected chi connectivity index (χ3v) is 3.10. The van der Waals surface area contributed by atoms with E-state index in [1.165, 1.54) is 11.3 Å². The van der Waals surface area contributed by atoms with Gasteiger partial charge in [0.05, 0.1) is 12.3 Å². The van der Waals surface area contributed by atoms with Gasteiger partial charge in [0.2, 0.25) is 0 Å². The smallest absolute Gasteiger partial charge is 0.178 e. The van der Waals surface area contributed by atoms with Gasteiger partial charge in [0, 0.05) is 10.9 Å². The van der Waals surface area contributed by atoms with Gasteiger partial charge in [0.15, 0.2) is 11.3 Å². The summed E-state index contributed by atoms with van der Waals surface area (Å²) in [6.07, 6.45) is 0.768. The molecule has 0 saturated carbocycles. The molecule has 0 saturated heterocycles. The molecule has 1 heterocycles. The Morgan fingerprint density at radius 1 is 1.47 bits per heavy atom. The predicted molar refractivity (Wildman–Crippen MR) is 68.8 cm³/mol. The molecular formula is C13H13NO2S. The molecular weight excluding hydrogens is 234 g/mol. The highest BCUT2D eigenvalue weighted by atomic mass is 32.1. The van der Waals surface area contributed by atoms with Crippen molar-refractivity contribution in [3.63, 3.8) is 0 Å². The van der Waals surface area contributed by atoms with Crippen molar-refractivity contribution in [2.24, 2.45) is 0 Å². The Balaban J connectivity index is 2.48. The van der Waals surface area contributed by atoms with Gasteiger partial charge in [0.1, 0.15) is 5.75 Å². The van der Waals surface area contributed by atoms with Crippen molar-refractivity contribution in [2.75, 3.05) is 6.61 Å². The molecule has 0 fully saturated rings. The maximum absolute atomic E-state index is 10.6. The van der Waals surface area contributed by atoms with Crippen LogP contribution in [-0.2, 0) is 0 Å². The Bertz CT molecular complexity index is 534. The summed E-state index contributed by atoms with van der Waals surface area (Å²) in [4.78, 5) is 14.9. The monoisotopic (exact) mass is 247 g/mol. The molecule has 88 valence electrons. The van der Waals surface area contributed by atoms with Crippen molar-refractivity contribution < 1.29 is 9.53 Å². The van der Waals surface area contributed by atoms with Crippen molar-refractivity contribution in [1.29, 1.82) is 0 Å². The maximum atomic E-state index is 10.6. The lowest BCUT2D eigenvalue weighted by molar-refractivity contribution is 0.112. The highest BCUT2D eigenvalue weighted by Gasteiger charge is 2.10. The second-order valence-corrected chi connectivity index (χ2v) is 4.51. The number of carbonyl (C=O) groups is 1. The van der Waals surface area contributed by atoms with E-state index in [1.807, 2.05) is 37.4 Å². The van der Waals surface area contributed by atoms with Gasteiger partial charge in [-0.05, 0) is 26.0 Å². The standard InChI is InChI=1S/C13H13NO2S/c1-3-16-12-5-4-9(2)6-10(12)11-8-17-13(7-15)14-11/h4-8H,3H2,1-2H3. The molecule has 2 rings (SSSR count). The van der Waals surface area contributed by atoms with E-state index in [9.17, 15) is 4.79 Å². The molecule has 0 bridgehead atoms. The van der Waals surface area contributed by atoms with Crippen molar-refractivity contribution in [3.8, 4) is 17.0 Å². The van der Waals surface area contributed by atoms with Crippen LogP contribution in [0.2, 0.25) is 0 Å². The second kappa shape index (κ2) is 5.10. The topological polar surface area (TPSA) is 39.2 Å². The summed E-state index contributed by atoms with van der Waals surface area (Å²) >= 11 is 1.34. The molecule has 17 heavy (non-hydrogen) atoms. The molecule has 0 atom stereocenters. The van der Waals surface area contributed by atoms with Crippen LogP contribution in [-0.4, -0.2) is 17.9 Å². The SMILES string of the molecule is CCOc1ccc(C)cc1-c1csc(C=O)n1. The summed E-state index contributed by atoms with van der Waals surface area (Å²) in [6, 6.07) is 5.96. The molecule has 1 aromatic carbocycles. The Hall–Kier alpha value is -1.68. The molecule has 0 spiro atoms. The van der Waals surface area contributed by atoms with E-state index in [-0.39, 0.29) is 0 Å². The molecule has 2 aromatic rings. The van der Waals surface area contributed by atoms with Crippen LogP contribution in [0.3, 0.4) is 0 Å². The van der Waals surface area contributed by atoms with E-state index >= 15 is 0 Å². The van der Waals surface area contributed by atoms with Crippen molar-refractivity contribution in [1.82, 2.24) is 4.98 Å². The largest absolute Gasteiger partial charge is 0.493 e. The van der Waals surface area contributed by atoms with Crippen LogP contribution < -0.4 is 4.74 Å². The number of aromatic nitrogens is 1. The quantitative estimate of drug-likeness (QED) is 0.778. The molecule has 1 aromatic heterocycles. The number of rotatable bonds is 4. The first kappa shape index (κ1) is 11.8. The Labute approximate surface area is 104 Å². The average molecular weight is 247 g/mol. The summed E-state index contributed by atoms with van der Waals surface area (Å²) in [5.41, 5.74) is 2.88. The third kappa shape index (κ3) is 2.53. The normalized spacial score (nSPS) is 10.2. The Morgan fingerprint density at radius 3 is 2.94 bits per heavy atom. The minimum Gasteiger partial charge on any atom is -0.493 e.